The monoisotopic (exact) mass is 483 g/mol. The molecule has 1 aromatic carbocycles. The highest BCUT2D eigenvalue weighted by Gasteiger charge is 2.35. The zero-order valence-electron chi connectivity index (χ0n) is 19.8. The van der Waals surface area contributed by atoms with Crippen LogP contribution in [0.1, 0.15) is 47.4 Å². The van der Waals surface area contributed by atoms with Crippen molar-refractivity contribution in [2.45, 2.75) is 44.7 Å². The highest BCUT2D eigenvalue weighted by Crippen LogP contribution is 2.27. The van der Waals surface area contributed by atoms with E-state index in [-0.39, 0.29) is 42.6 Å². The predicted molar refractivity (Wildman–Crippen MR) is 124 cm³/mol. The Bertz CT molecular complexity index is 1130. The zero-order valence-corrected chi connectivity index (χ0v) is 19.8. The van der Waals surface area contributed by atoms with E-state index in [2.05, 4.69) is 10.4 Å². The molecule has 0 spiro atoms. The third-order valence-electron chi connectivity index (χ3n) is 6.98. The maximum absolute atomic E-state index is 13.5. The van der Waals surface area contributed by atoms with Gasteiger partial charge in [0.1, 0.15) is 11.6 Å². The summed E-state index contributed by atoms with van der Waals surface area (Å²) in [7, 11) is 1.81. The molecule has 35 heavy (non-hydrogen) atoms. The van der Waals surface area contributed by atoms with Crippen LogP contribution in [0.5, 0.6) is 5.75 Å². The number of amides is 3. The molecule has 3 aliphatic rings. The number of aryl methyl sites for hydroxylation is 1. The first-order chi connectivity index (χ1) is 16.9. The summed E-state index contributed by atoms with van der Waals surface area (Å²) < 4.78 is 20.3. The lowest BCUT2D eigenvalue weighted by molar-refractivity contribution is -0.134. The van der Waals surface area contributed by atoms with Gasteiger partial charge in [0.15, 0.2) is 12.3 Å². The van der Waals surface area contributed by atoms with Gasteiger partial charge in [0.2, 0.25) is 5.91 Å². The SMILES string of the molecule is Cn1nc(C(=O)N2CCC[C@@H](C(=O)NC3CC3)C2)c2c1CCN(C(=O)COc1ccc(F)cc1)C2. The fourth-order valence-electron chi connectivity index (χ4n) is 4.82. The molecule has 2 aromatic rings. The molecule has 186 valence electrons. The minimum Gasteiger partial charge on any atom is -0.484 e. The number of piperidine rings is 1. The van der Waals surface area contributed by atoms with Crippen molar-refractivity contribution in [3.8, 4) is 5.75 Å². The van der Waals surface area contributed by atoms with Gasteiger partial charge < -0.3 is 19.9 Å². The summed E-state index contributed by atoms with van der Waals surface area (Å²) in [4.78, 5) is 42.2. The molecule has 10 heteroatoms. The normalized spacial score (nSPS) is 19.8. The Balaban J connectivity index is 1.24. The summed E-state index contributed by atoms with van der Waals surface area (Å²) >= 11 is 0. The fourth-order valence-corrected chi connectivity index (χ4v) is 4.82. The molecule has 2 fully saturated rings. The number of nitrogens with one attached hydrogen (secondary N) is 1. The van der Waals surface area contributed by atoms with Crippen LogP contribution in [0.25, 0.3) is 0 Å². The van der Waals surface area contributed by atoms with Gasteiger partial charge >= 0.3 is 0 Å². The van der Waals surface area contributed by atoms with E-state index < -0.39 is 0 Å². The van der Waals surface area contributed by atoms with E-state index in [1.54, 1.807) is 14.5 Å². The van der Waals surface area contributed by atoms with Crippen LogP contribution in [0.2, 0.25) is 0 Å². The minimum atomic E-state index is -0.371. The van der Waals surface area contributed by atoms with E-state index in [1.165, 1.54) is 24.3 Å². The van der Waals surface area contributed by atoms with Gasteiger partial charge in [-0.3, -0.25) is 19.1 Å². The average Bonchev–Trinajstić information content (AvgIpc) is 3.63. The quantitative estimate of drug-likeness (QED) is 0.674. The predicted octanol–water partition coefficient (Wildman–Crippen LogP) is 1.65. The van der Waals surface area contributed by atoms with E-state index in [4.69, 9.17) is 4.74 Å². The van der Waals surface area contributed by atoms with Gasteiger partial charge in [-0.05, 0) is 49.9 Å². The van der Waals surface area contributed by atoms with Gasteiger partial charge in [-0.25, -0.2) is 4.39 Å². The molecule has 1 N–H and O–H groups in total. The van der Waals surface area contributed by atoms with Gasteiger partial charge in [-0.15, -0.1) is 0 Å². The van der Waals surface area contributed by atoms with Crippen LogP contribution in [-0.4, -0.2) is 69.6 Å². The van der Waals surface area contributed by atoms with E-state index in [9.17, 15) is 18.8 Å². The lowest BCUT2D eigenvalue weighted by Crippen LogP contribution is -2.46. The number of carbonyl (C=O) groups excluding carboxylic acids is 3. The van der Waals surface area contributed by atoms with Crippen LogP contribution in [-0.2, 0) is 29.6 Å². The van der Waals surface area contributed by atoms with Crippen molar-refractivity contribution in [2.75, 3.05) is 26.2 Å². The molecule has 3 heterocycles. The number of hydrogen-bond donors (Lipinski definition) is 1. The summed E-state index contributed by atoms with van der Waals surface area (Å²) in [6.45, 7) is 1.57. The number of hydrogen-bond acceptors (Lipinski definition) is 5. The van der Waals surface area contributed by atoms with Crippen LogP contribution < -0.4 is 10.1 Å². The Morgan fingerprint density at radius 3 is 2.63 bits per heavy atom. The van der Waals surface area contributed by atoms with Crippen LogP contribution in [0.15, 0.2) is 24.3 Å². The van der Waals surface area contributed by atoms with Crippen molar-refractivity contribution in [1.82, 2.24) is 24.9 Å². The number of benzene rings is 1. The number of rotatable bonds is 6. The molecule has 1 saturated heterocycles. The minimum absolute atomic E-state index is 0.0333. The summed E-state index contributed by atoms with van der Waals surface area (Å²) in [5, 5.41) is 7.56. The van der Waals surface area contributed by atoms with Gasteiger partial charge in [-0.1, -0.05) is 0 Å². The lowest BCUT2D eigenvalue weighted by Gasteiger charge is -2.32. The van der Waals surface area contributed by atoms with Crippen LogP contribution >= 0.6 is 0 Å². The molecule has 0 radical (unpaired) electrons. The summed E-state index contributed by atoms with van der Waals surface area (Å²) in [5.41, 5.74) is 2.04. The van der Waals surface area contributed by atoms with Crippen molar-refractivity contribution < 1.29 is 23.5 Å². The Labute approximate surface area is 203 Å². The standard InChI is InChI=1S/C25H30FN5O4/c1-29-21-10-12-30(22(32)15-35-19-8-4-17(26)5-9-19)14-20(21)23(28-29)25(34)31-11-2-3-16(13-31)24(33)27-18-6-7-18/h4-5,8-9,16,18H,2-3,6-7,10-15H2,1H3,(H,27,33)/t16-/m1/s1. The second-order valence-electron chi connectivity index (χ2n) is 9.58. The van der Waals surface area contributed by atoms with Crippen LogP contribution in [0.4, 0.5) is 4.39 Å². The Kier molecular flexibility index (Phi) is 6.44. The molecule has 1 saturated carbocycles. The number of likely N-dealkylation sites (tertiary alicyclic amines) is 1. The number of ether oxygens (including phenoxy) is 1. The molecule has 0 bridgehead atoms. The summed E-state index contributed by atoms with van der Waals surface area (Å²) in [5.74, 6) is -0.523. The lowest BCUT2D eigenvalue weighted by atomic mass is 9.96. The van der Waals surface area contributed by atoms with Crippen molar-refractivity contribution in [3.63, 3.8) is 0 Å². The first-order valence-electron chi connectivity index (χ1n) is 12.2. The number of carbonyl (C=O) groups is 3. The van der Waals surface area contributed by atoms with Crippen molar-refractivity contribution in [1.29, 1.82) is 0 Å². The second-order valence-corrected chi connectivity index (χ2v) is 9.58. The molecule has 1 atom stereocenters. The Morgan fingerprint density at radius 1 is 1.11 bits per heavy atom. The molecule has 2 aliphatic heterocycles. The third kappa shape index (κ3) is 5.16. The molecule has 3 amide bonds. The van der Waals surface area contributed by atoms with Crippen molar-refractivity contribution >= 4 is 17.7 Å². The first-order valence-corrected chi connectivity index (χ1v) is 12.2. The van der Waals surface area contributed by atoms with E-state index in [0.717, 1.165) is 36.9 Å². The smallest absolute Gasteiger partial charge is 0.274 e. The van der Waals surface area contributed by atoms with Gasteiger partial charge in [0, 0.05) is 56.9 Å². The molecule has 0 unspecified atom stereocenters. The largest absolute Gasteiger partial charge is 0.484 e. The number of aromatic nitrogens is 2. The summed E-state index contributed by atoms with van der Waals surface area (Å²) in [6.07, 6.45) is 4.20. The van der Waals surface area contributed by atoms with Crippen LogP contribution in [0, 0.1) is 11.7 Å². The van der Waals surface area contributed by atoms with Gasteiger partial charge in [0.05, 0.1) is 5.92 Å². The average molecular weight is 484 g/mol. The van der Waals surface area contributed by atoms with Crippen molar-refractivity contribution in [3.05, 3.63) is 47.0 Å². The van der Waals surface area contributed by atoms with Gasteiger partial charge in [0.25, 0.3) is 11.8 Å². The highest BCUT2D eigenvalue weighted by molar-refractivity contribution is 5.95. The molecule has 5 rings (SSSR count). The van der Waals surface area contributed by atoms with E-state index >= 15 is 0 Å². The Hall–Kier alpha value is -3.43. The summed E-state index contributed by atoms with van der Waals surface area (Å²) in [6, 6.07) is 5.81. The fraction of sp³-hybridized carbons (Fsp3) is 0.520. The highest BCUT2D eigenvalue weighted by atomic mass is 19.1. The zero-order chi connectivity index (χ0) is 24.5. The maximum atomic E-state index is 13.5. The number of fused-ring (bicyclic) bond motifs is 1. The second kappa shape index (κ2) is 9.67. The van der Waals surface area contributed by atoms with Crippen LogP contribution in [0.3, 0.4) is 0 Å². The Morgan fingerprint density at radius 2 is 1.89 bits per heavy atom. The van der Waals surface area contributed by atoms with E-state index in [0.29, 0.717) is 43.5 Å². The molecule has 1 aromatic heterocycles. The number of nitrogens with zero attached hydrogens (tertiary/aromatic N) is 4. The number of halogens is 1. The topological polar surface area (TPSA) is 96.8 Å². The van der Waals surface area contributed by atoms with Crippen molar-refractivity contribution in [2.24, 2.45) is 13.0 Å². The van der Waals surface area contributed by atoms with Gasteiger partial charge in [-0.2, -0.15) is 5.10 Å². The maximum Gasteiger partial charge on any atom is 0.274 e. The molecular weight excluding hydrogens is 453 g/mol. The molecule has 9 nitrogen and oxygen atoms in total. The third-order valence-corrected chi connectivity index (χ3v) is 6.98. The first kappa shape index (κ1) is 23.3. The molecular formula is C25H30FN5O4. The van der Waals surface area contributed by atoms with E-state index in [1.807, 2.05) is 7.05 Å². The molecule has 1 aliphatic carbocycles.